The number of aromatic nitrogens is 1. The number of amides is 2. The van der Waals surface area contributed by atoms with Crippen LogP contribution in [0, 0.1) is 17.2 Å². The Morgan fingerprint density at radius 3 is 2.60 bits per heavy atom. The van der Waals surface area contributed by atoms with Gasteiger partial charge < -0.3 is 24.4 Å². The zero-order valence-corrected chi connectivity index (χ0v) is 29.2. The molecular formula is C39H46FN3O7. The summed E-state index contributed by atoms with van der Waals surface area (Å²) in [5, 5.41) is 5.10. The SMILES string of the molecule is CCOC(=O)[C@]12CC(=O)[C@@H]3C[C@@H](Oc4nc5cc(F)ccc5c5ccccc45)CN3C(=O)[C@@H](NC(=O)OC(C)(C)C)CCCCC/C=C\[C@@H]1C2. The second-order valence-electron chi connectivity index (χ2n) is 14.7. The van der Waals surface area contributed by atoms with Gasteiger partial charge in [-0.2, -0.15) is 0 Å². The third-order valence-corrected chi connectivity index (χ3v) is 9.85. The number of fused-ring (bicyclic) bond motifs is 5. The van der Waals surface area contributed by atoms with Crippen molar-refractivity contribution in [2.45, 2.75) is 103 Å². The summed E-state index contributed by atoms with van der Waals surface area (Å²) < 4.78 is 31.8. The van der Waals surface area contributed by atoms with E-state index in [1.165, 1.54) is 17.0 Å². The lowest BCUT2D eigenvalue weighted by Crippen LogP contribution is -2.52. The van der Waals surface area contributed by atoms with Gasteiger partial charge in [0.1, 0.15) is 23.6 Å². The highest BCUT2D eigenvalue weighted by Gasteiger charge is 2.61. The quantitative estimate of drug-likeness (QED) is 0.176. The van der Waals surface area contributed by atoms with E-state index in [9.17, 15) is 23.6 Å². The number of ether oxygens (including phenoxy) is 3. The van der Waals surface area contributed by atoms with Crippen molar-refractivity contribution in [2.75, 3.05) is 13.2 Å². The molecule has 10 nitrogen and oxygen atoms in total. The Bertz CT molecular complexity index is 1820. The summed E-state index contributed by atoms with van der Waals surface area (Å²) in [6, 6.07) is 10.1. The number of rotatable bonds is 5. The van der Waals surface area contributed by atoms with Crippen LogP contribution < -0.4 is 10.1 Å². The summed E-state index contributed by atoms with van der Waals surface area (Å²) in [5.74, 6) is -1.36. The van der Waals surface area contributed by atoms with Crippen molar-refractivity contribution in [2.24, 2.45) is 11.3 Å². The highest BCUT2D eigenvalue weighted by atomic mass is 19.1. The minimum Gasteiger partial charge on any atom is -0.472 e. The molecule has 266 valence electrons. The molecule has 0 radical (unpaired) electrons. The Labute approximate surface area is 291 Å². The maximum absolute atomic E-state index is 14.4. The smallest absolute Gasteiger partial charge is 0.408 e. The molecule has 0 unspecified atom stereocenters. The number of hydrogen-bond acceptors (Lipinski definition) is 8. The van der Waals surface area contributed by atoms with Crippen molar-refractivity contribution >= 4 is 45.4 Å². The van der Waals surface area contributed by atoms with E-state index in [2.05, 4.69) is 16.4 Å². The number of carbonyl (C=O) groups is 4. The predicted octanol–water partition coefficient (Wildman–Crippen LogP) is 6.82. The lowest BCUT2D eigenvalue weighted by Gasteiger charge is -2.30. The molecule has 1 aromatic heterocycles. The van der Waals surface area contributed by atoms with Crippen LogP contribution in [-0.4, -0.2) is 70.6 Å². The molecule has 2 fully saturated rings. The van der Waals surface area contributed by atoms with Crippen molar-refractivity contribution in [3.63, 3.8) is 0 Å². The monoisotopic (exact) mass is 687 g/mol. The first kappa shape index (κ1) is 35.3. The fourth-order valence-electron chi connectivity index (χ4n) is 7.33. The summed E-state index contributed by atoms with van der Waals surface area (Å²) in [6.07, 6.45) is 6.85. The number of nitrogens with zero attached hydrogens (tertiary/aromatic N) is 2. The number of carbonyl (C=O) groups excluding carboxylic acids is 4. The molecule has 1 aliphatic carbocycles. The second-order valence-corrected chi connectivity index (χ2v) is 14.7. The minimum absolute atomic E-state index is 0.0503. The number of hydrogen-bond donors (Lipinski definition) is 1. The Kier molecular flexibility index (Phi) is 10.1. The maximum Gasteiger partial charge on any atom is 0.408 e. The maximum atomic E-state index is 14.4. The Hall–Kier alpha value is -4.54. The summed E-state index contributed by atoms with van der Waals surface area (Å²) in [6.45, 7) is 7.24. The molecule has 11 heteroatoms. The van der Waals surface area contributed by atoms with Gasteiger partial charge in [-0.25, -0.2) is 14.2 Å². The van der Waals surface area contributed by atoms with E-state index in [1.807, 2.05) is 30.3 Å². The third-order valence-electron chi connectivity index (χ3n) is 9.85. The van der Waals surface area contributed by atoms with Crippen molar-refractivity contribution < 1.29 is 37.8 Å². The van der Waals surface area contributed by atoms with Crippen LogP contribution in [0.15, 0.2) is 54.6 Å². The number of benzene rings is 2. The van der Waals surface area contributed by atoms with Crippen LogP contribution in [0.1, 0.15) is 79.1 Å². The summed E-state index contributed by atoms with van der Waals surface area (Å²) in [4.78, 5) is 61.2. The predicted molar refractivity (Wildman–Crippen MR) is 186 cm³/mol. The van der Waals surface area contributed by atoms with Crippen LogP contribution in [-0.2, 0) is 23.9 Å². The Morgan fingerprint density at radius 1 is 1.06 bits per heavy atom. The number of allylic oxidation sites excluding steroid dienone is 2. The number of pyridine rings is 1. The molecule has 2 aromatic carbocycles. The first-order valence-corrected chi connectivity index (χ1v) is 17.7. The number of Topliss-reactive ketones (excluding diaryl/α,β-unsaturated/α-hetero) is 1. The first-order valence-electron chi connectivity index (χ1n) is 17.7. The molecular weight excluding hydrogens is 641 g/mol. The van der Waals surface area contributed by atoms with E-state index >= 15 is 0 Å². The molecule has 3 aromatic rings. The lowest BCUT2D eigenvalue weighted by atomic mass is 9.91. The molecule has 3 aliphatic rings. The highest BCUT2D eigenvalue weighted by molar-refractivity contribution is 6.07. The van der Waals surface area contributed by atoms with Crippen molar-refractivity contribution in [1.82, 2.24) is 15.2 Å². The normalized spacial score (nSPS) is 26.7. The number of nitrogens with one attached hydrogen (secondary N) is 1. The molecule has 1 saturated heterocycles. The first-order chi connectivity index (χ1) is 23.9. The van der Waals surface area contributed by atoms with Crippen LogP contribution in [0.2, 0.25) is 0 Å². The van der Waals surface area contributed by atoms with Crippen LogP contribution in [0.5, 0.6) is 5.88 Å². The number of halogens is 1. The molecule has 0 spiro atoms. The molecule has 0 bridgehead atoms. The van der Waals surface area contributed by atoms with Crippen LogP contribution >= 0.6 is 0 Å². The number of ketones is 1. The molecule has 3 heterocycles. The Morgan fingerprint density at radius 2 is 1.84 bits per heavy atom. The highest BCUT2D eigenvalue weighted by Crippen LogP contribution is 2.57. The number of esters is 1. The fraction of sp³-hybridized carbons (Fsp3) is 0.513. The number of alkyl carbamates (subject to hydrolysis) is 1. The van der Waals surface area contributed by atoms with E-state index in [0.29, 0.717) is 30.2 Å². The summed E-state index contributed by atoms with van der Waals surface area (Å²) in [5.41, 5.74) is -1.33. The topological polar surface area (TPSA) is 124 Å². The van der Waals surface area contributed by atoms with Gasteiger partial charge in [-0.15, -0.1) is 0 Å². The van der Waals surface area contributed by atoms with Crippen LogP contribution in [0.25, 0.3) is 21.7 Å². The lowest BCUT2D eigenvalue weighted by molar-refractivity contribution is -0.152. The van der Waals surface area contributed by atoms with Crippen molar-refractivity contribution in [3.05, 3.63) is 60.4 Å². The molecule has 6 rings (SSSR count). The van der Waals surface area contributed by atoms with Gasteiger partial charge in [-0.05, 0) is 82.9 Å². The molecule has 1 N–H and O–H groups in total. The zero-order valence-electron chi connectivity index (χ0n) is 29.2. The molecule has 2 aliphatic heterocycles. The fourth-order valence-corrected chi connectivity index (χ4v) is 7.33. The molecule has 1 saturated carbocycles. The summed E-state index contributed by atoms with van der Waals surface area (Å²) in [7, 11) is 0. The summed E-state index contributed by atoms with van der Waals surface area (Å²) >= 11 is 0. The van der Waals surface area contributed by atoms with Gasteiger partial charge in [0.25, 0.3) is 0 Å². The standard InChI is InChI=1S/C39H46FN3O7/c1-5-48-36(46)39-21-24(39)13-9-7-6-8-10-16-30(42-37(47)50-38(2,3)4)35(45)43-23-26(20-32(43)33(44)22-39)49-34-29-15-12-11-14-27(29)28-18-17-25(40)19-31(28)41-34/h9,11-15,17-19,24,26,30,32H,5-8,10,16,20-23H2,1-4H3,(H,42,47)/b13-9-/t24-,26-,30+,32+,39-/m1/s1. The van der Waals surface area contributed by atoms with E-state index in [4.69, 9.17) is 14.2 Å². The van der Waals surface area contributed by atoms with Crippen molar-refractivity contribution in [3.8, 4) is 5.88 Å². The van der Waals surface area contributed by atoms with E-state index in [1.54, 1.807) is 33.8 Å². The van der Waals surface area contributed by atoms with E-state index in [0.717, 1.165) is 30.0 Å². The van der Waals surface area contributed by atoms with Gasteiger partial charge >= 0.3 is 12.1 Å². The molecule has 2 amide bonds. The molecule has 5 atom stereocenters. The van der Waals surface area contributed by atoms with Gasteiger partial charge in [0.15, 0.2) is 5.78 Å². The van der Waals surface area contributed by atoms with E-state index < -0.39 is 53.0 Å². The van der Waals surface area contributed by atoms with E-state index in [-0.39, 0.29) is 43.6 Å². The average molecular weight is 688 g/mol. The van der Waals surface area contributed by atoms with Crippen molar-refractivity contribution in [1.29, 1.82) is 0 Å². The van der Waals surface area contributed by atoms with Gasteiger partial charge in [0.2, 0.25) is 11.8 Å². The zero-order chi connectivity index (χ0) is 35.6. The second kappa shape index (κ2) is 14.4. The molecule has 50 heavy (non-hydrogen) atoms. The van der Waals surface area contributed by atoms with Gasteiger partial charge in [0, 0.05) is 29.7 Å². The largest absolute Gasteiger partial charge is 0.472 e. The minimum atomic E-state index is -0.980. The average Bonchev–Trinajstić information content (AvgIpc) is 3.59. The van der Waals surface area contributed by atoms with Crippen LogP contribution in [0.4, 0.5) is 9.18 Å². The van der Waals surface area contributed by atoms with Crippen LogP contribution in [0.3, 0.4) is 0 Å². The van der Waals surface area contributed by atoms with Gasteiger partial charge in [0.05, 0.1) is 30.1 Å². The van der Waals surface area contributed by atoms with Gasteiger partial charge in [-0.1, -0.05) is 43.2 Å². The van der Waals surface area contributed by atoms with Gasteiger partial charge in [-0.3, -0.25) is 14.4 Å². The third kappa shape index (κ3) is 7.61. The Balaban J connectivity index is 1.34.